The van der Waals surface area contributed by atoms with Crippen molar-refractivity contribution in [1.82, 2.24) is 0 Å². The van der Waals surface area contributed by atoms with Gasteiger partial charge < -0.3 is 74.7 Å². The zero-order valence-electron chi connectivity index (χ0n) is 42.3. The maximum atomic E-state index is 13.9. The second-order valence-corrected chi connectivity index (χ2v) is 18.7. The van der Waals surface area contributed by atoms with Gasteiger partial charge in [-0.05, 0) is 96.6 Å². The predicted octanol–water partition coefficient (Wildman–Crippen LogP) is 5.83. The standard InChI is InChI=1S/C37H32O9.C19H18O14/c1-18-19(2)33-23(13-14-37(4,46-33)36(43)44)20(3)32(18)45-35(42)29-16-22-10-6-8-12-25(22)27(31(29)39)17-26-24-11-7-5-9-21(24)15-28(30(26)38)34(40)41;20-7-10(31-12(24)6-19(30,18(28)29)5-11(22)23)14-15(13(25)17(27)32-14)33-16(26)8-3-1-2-4-9(8)21/h5-12,15-16,38-39H,13-14,17H2,1-4H3,(H,40,41)(H,43,44);1-4,10,14,20-21,25,30H,5-7H2,(H,22,23)(H,28,29)/t;10-,14+,19?/m.0/s1. The van der Waals surface area contributed by atoms with Gasteiger partial charge in [0.15, 0.2) is 11.7 Å². The molecular formula is C56H50O23. The number of benzene rings is 6. The lowest BCUT2D eigenvalue weighted by atomic mass is 9.87. The number of fused-ring (bicyclic) bond motifs is 3. The first-order chi connectivity index (χ1) is 37.2. The number of aromatic carboxylic acids is 1. The molecule has 0 aliphatic carbocycles. The molecule has 0 aromatic heterocycles. The van der Waals surface area contributed by atoms with Gasteiger partial charge in [-0.25, -0.2) is 28.8 Å². The second-order valence-electron chi connectivity index (χ2n) is 18.7. The molecule has 2 aliphatic rings. The highest BCUT2D eigenvalue weighted by atomic mass is 16.6. The minimum Gasteiger partial charge on any atom is -0.507 e. The predicted molar refractivity (Wildman–Crippen MR) is 271 cm³/mol. The van der Waals surface area contributed by atoms with Crippen LogP contribution >= 0.6 is 0 Å². The molecule has 0 radical (unpaired) electrons. The van der Waals surface area contributed by atoms with Crippen LogP contribution in [-0.4, -0.2) is 129 Å². The fourth-order valence-electron chi connectivity index (χ4n) is 9.08. The van der Waals surface area contributed by atoms with Crippen LogP contribution in [0.3, 0.4) is 0 Å². The Kier molecular flexibility index (Phi) is 16.2. The van der Waals surface area contributed by atoms with E-state index in [0.29, 0.717) is 67.3 Å². The fourth-order valence-corrected chi connectivity index (χ4v) is 9.08. The number of rotatable bonds is 16. The number of para-hydroxylation sites is 1. The number of hydrogen-bond acceptors (Lipinski definition) is 19. The van der Waals surface area contributed by atoms with Gasteiger partial charge in [0.1, 0.15) is 45.4 Å². The van der Waals surface area contributed by atoms with Crippen molar-refractivity contribution >= 4 is 69.3 Å². The molecule has 0 saturated carbocycles. The average molecular weight is 1090 g/mol. The maximum Gasteiger partial charge on any atom is 0.378 e. The number of carbonyl (C=O) groups excluding carboxylic acids is 4. The van der Waals surface area contributed by atoms with E-state index < -0.39 is 114 Å². The summed E-state index contributed by atoms with van der Waals surface area (Å²) in [7, 11) is 0. The van der Waals surface area contributed by atoms with Gasteiger partial charge in [-0.2, -0.15) is 0 Å². The molecule has 0 spiro atoms. The Morgan fingerprint density at radius 1 is 0.722 bits per heavy atom. The summed E-state index contributed by atoms with van der Waals surface area (Å²) in [5, 5.41) is 102. The number of aliphatic hydroxyl groups excluding tert-OH is 2. The lowest BCUT2D eigenvalue weighted by Gasteiger charge is -2.35. The molecule has 10 N–H and O–H groups in total. The van der Waals surface area contributed by atoms with E-state index in [9.17, 15) is 79.2 Å². The molecule has 2 unspecified atom stereocenters. The van der Waals surface area contributed by atoms with Crippen LogP contribution in [0, 0.1) is 20.8 Å². The van der Waals surface area contributed by atoms with Crippen molar-refractivity contribution < 1.29 is 113 Å². The lowest BCUT2D eigenvalue weighted by Crippen LogP contribution is -2.45. The summed E-state index contributed by atoms with van der Waals surface area (Å²) in [6, 6.07) is 22.2. The Morgan fingerprint density at radius 3 is 1.84 bits per heavy atom. The number of phenolic OH excluding ortho intramolecular Hbond substituents is 2. The van der Waals surface area contributed by atoms with Gasteiger partial charge in [0.05, 0.1) is 19.4 Å². The molecule has 6 aromatic rings. The first-order valence-electron chi connectivity index (χ1n) is 23.8. The summed E-state index contributed by atoms with van der Waals surface area (Å²) in [6.07, 6.45) is -5.88. The van der Waals surface area contributed by atoms with Crippen LogP contribution < -0.4 is 9.47 Å². The van der Waals surface area contributed by atoms with Crippen LogP contribution in [0.4, 0.5) is 0 Å². The van der Waals surface area contributed by atoms with Crippen molar-refractivity contribution in [1.29, 1.82) is 0 Å². The highest BCUT2D eigenvalue weighted by Crippen LogP contribution is 2.45. The van der Waals surface area contributed by atoms with E-state index in [1.807, 2.05) is 0 Å². The molecule has 6 aromatic carbocycles. The van der Waals surface area contributed by atoms with E-state index in [2.05, 4.69) is 0 Å². The van der Waals surface area contributed by atoms with Crippen molar-refractivity contribution in [2.24, 2.45) is 0 Å². The van der Waals surface area contributed by atoms with Crippen molar-refractivity contribution in [3.63, 3.8) is 0 Å². The zero-order chi connectivity index (χ0) is 58.0. The SMILES string of the molecule is Cc1c(C)c2c(c(C)c1OC(=O)c1cc3ccccc3c(Cc3c(O)c(C(=O)O)cc4ccccc34)c1O)CCC(C)(C(=O)O)O2.O=C(O)CC(O)(CC(=O)O[C@@H](CO)[C@H]1OC(=O)C(O)=C1OC(=O)c1ccccc1O)C(=O)O. The summed E-state index contributed by atoms with van der Waals surface area (Å²) in [6.45, 7) is 5.77. The highest BCUT2D eigenvalue weighted by Gasteiger charge is 2.47. The average Bonchev–Trinajstić information content (AvgIpc) is 3.70. The Hall–Kier alpha value is -9.74. The van der Waals surface area contributed by atoms with E-state index in [1.54, 1.807) is 75.4 Å². The van der Waals surface area contributed by atoms with Gasteiger partial charge >= 0.3 is 47.8 Å². The van der Waals surface area contributed by atoms with E-state index in [1.165, 1.54) is 25.1 Å². The smallest absolute Gasteiger partial charge is 0.378 e. The summed E-state index contributed by atoms with van der Waals surface area (Å²) < 4.78 is 26.4. The fraction of sp³-hybridized carbons (Fsp3) is 0.250. The van der Waals surface area contributed by atoms with Gasteiger partial charge in [-0.1, -0.05) is 60.7 Å². The second kappa shape index (κ2) is 22.5. The summed E-state index contributed by atoms with van der Waals surface area (Å²) in [4.78, 5) is 95.8. The Morgan fingerprint density at radius 2 is 1.28 bits per heavy atom. The molecule has 4 atom stereocenters. The first kappa shape index (κ1) is 57.0. The number of cyclic esters (lactones) is 1. The van der Waals surface area contributed by atoms with Crippen molar-refractivity contribution in [2.75, 3.05) is 6.61 Å². The number of ether oxygens (including phenoxy) is 5. The molecule has 2 heterocycles. The number of aliphatic hydroxyl groups is 3. The Labute approximate surface area is 446 Å². The third kappa shape index (κ3) is 11.4. The van der Waals surface area contributed by atoms with Crippen molar-refractivity contribution in [2.45, 2.75) is 83.2 Å². The highest BCUT2D eigenvalue weighted by molar-refractivity contribution is 6.04. The number of hydrogen-bond donors (Lipinski definition) is 10. The number of aromatic hydroxyl groups is 3. The molecule has 2 aliphatic heterocycles. The number of esters is 4. The topological polar surface area (TPSA) is 385 Å². The van der Waals surface area contributed by atoms with Gasteiger partial charge in [-0.15, -0.1) is 0 Å². The minimum atomic E-state index is -3.05. The zero-order valence-corrected chi connectivity index (χ0v) is 42.3. The van der Waals surface area contributed by atoms with Gasteiger partial charge in [0.25, 0.3) is 0 Å². The molecule has 0 saturated heterocycles. The quantitative estimate of drug-likeness (QED) is 0.0309. The largest absolute Gasteiger partial charge is 0.507 e. The van der Waals surface area contributed by atoms with Crippen LogP contribution in [0.25, 0.3) is 21.5 Å². The molecule has 0 amide bonds. The summed E-state index contributed by atoms with van der Waals surface area (Å²) in [5.41, 5.74) is -1.88. The third-order valence-electron chi connectivity index (χ3n) is 13.5. The summed E-state index contributed by atoms with van der Waals surface area (Å²) >= 11 is 0. The van der Waals surface area contributed by atoms with Crippen molar-refractivity contribution in [3.8, 4) is 28.7 Å². The van der Waals surface area contributed by atoms with Crippen LogP contribution in [0.5, 0.6) is 28.7 Å². The molecule has 23 heteroatoms. The lowest BCUT2D eigenvalue weighted by molar-refractivity contribution is -0.178. The number of phenols is 3. The normalized spacial score (nSPS) is 16.7. The number of carbonyl (C=O) groups is 8. The minimum absolute atomic E-state index is 0.0728. The summed E-state index contributed by atoms with van der Waals surface area (Å²) in [5.74, 6) is -13.7. The van der Waals surface area contributed by atoms with Gasteiger partial charge in [0, 0.05) is 29.5 Å². The number of aliphatic carboxylic acids is 3. The third-order valence-corrected chi connectivity index (χ3v) is 13.5. The van der Waals surface area contributed by atoms with E-state index >= 15 is 0 Å². The Balaban J connectivity index is 0.000000243. The van der Waals surface area contributed by atoms with Crippen LogP contribution in [0.15, 0.2) is 96.4 Å². The maximum absolute atomic E-state index is 13.9. The molecule has 8 rings (SSSR count). The van der Waals surface area contributed by atoms with Gasteiger partial charge in [-0.3, -0.25) is 9.59 Å². The number of carboxylic acids is 4. The molecular weight excluding hydrogens is 1040 g/mol. The van der Waals surface area contributed by atoms with E-state index in [4.69, 9.17) is 33.9 Å². The van der Waals surface area contributed by atoms with Crippen molar-refractivity contribution in [3.05, 3.63) is 147 Å². The first-order valence-corrected chi connectivity index (χ1v) is 23.8. The van der Waals surface area contributed by atoms with Crippen LogP contribution in [0.1, 0.15) is 90.6 Å². The van der Waals surface area contributed by atoms with Crippen LogP contribution in [-0.2, 0) is 51.0 Å². The number of carboxylic acid groups (broad SMARTS) is 4. The molecule has 79 heavy (non-hydrogen) atoms. The molecule has 412 valence electrons. The van der Waals surface area contributed by atoms with E-state index in [0.717, 1.165) is 17.7 Å². The Bertz CT molecular complexity index is 3580. The molecule has 23 nitrogen and oxygen atoms in total. The van der Waals surface area contributed by atoms with Crippen LogP contribution in [0.2, 0.25) is 0 Å². The molecule has 0 fully saturated rings. The van der Waals surface area contributed by atoms with Gasteiger partial charge in [0.2, 0.25) is 23.2 Å². The monoisotopic (exact) mass is 1090 g/mol. The van der Waals surface area contributed by atoms with E-state index in [-0.39, 0.29) is 35.3 Å². The molecule has 0 bridgehead atoms.